The Morgan fingerprint density at radius 2 is 2.00 bits per heavy atom. The fourth-order valence-electron chi connectivity index (χ4n) is 1.06. The number of anilines is 1. The fourth-order valence-corrected chi connectivity index (χ4v) is 1.06. The van der Waals surface area contributed by atoms with Gasteiger partial charge in [0.25, 0.3) is 0 Å². The summed E-state index contributed by atoms with van der Waals surface area (Å²) in [5, 5.41) is 7.45. The van der Waals surface area contributed by atoms with Crippen molar-refractivity contribution in [3.63, 3.8) is 0 Å². The molecule has 0 atom stereocenters. The molecule has 4 heteroatoms. The number of nitrogens with two attached hydrogens (primary N) is 1. The highest BCUT2D eigenvalue weighted by Crippen LogP contribution is 2.28. The highest BCUT2D eigenvalue weighted by atomic mass is 15.3. The van der Waals surface area contributed by atoms with Gasteiger partial charge >= 0.3 is 0 Å². The van der Waals surface area contributed by atoms with Crippen LogP contribution in [0.25, 0.3) is 0 Å². The van der Waals surface area contributed by atoms with E-state index in [1.165, 1.54) is 0 Å². The van der Waals surface area contributed by atoms with Crippen molar-refractivity contribution in [1.82, 2.24) is 9.78 Å². The molecule has 0 amide bonds. The van der Waals surface area contributed by atoms with E-state index in [0.717, 1.165) is 12.2 Å². The zero-order valence-corrected chi connectivity index (χ0v) is 10.3. The van der Waals surface area contributed by atoms with Gasteiger partial charge in [0, 0.05) is 25.3 Å². The van der Waals surface area contributed by atoms with Crippen LogP contribution in [0.4, 0.5) is 5.69 Å². The molecule has 15 heavy (non-hydrogen) atoms. The number of nitrogens with one attached hydrogen (secondary N) is 1. The summed E-state index contributed by atoms with van der Waals surface area (Å²) < 4.78 is 1.78. The maximum Gasteiger partial charge on any atom is 0.0726 e. The molecular weight excluding hydrogens is 188 g/mol. The minimum atomic E-state index is -0.206. The van der Waals surface area contributed by atoms with Gasteiger partial charge in [-0.25, -0.2) is 0 Å². The van der Waals surface area contributed by atoms with E-state index in [1.54, 1.807) is 4.68 Å². The van der Waals surface area contributed by atoms with Crippen LogP contribution in [-0.2, 0) is 7.05 Å². The minimum absolute atomic E-state index is 0.0306. The first-order valence-electron chi connectivity index (χ1n) is 5.24. The summed E-state index contributed by atoms with van der Waals surface area (Å²) in [6.07, 6.45) is 3.78. The van der Waals surface area contributed by atoms with Crippen LogP contribution in [0.3, 0.4) is 0 Å². The van der Waals surface area contributed by atoms with Crippen molar-refractivity contribution >= 4 is 5.69 Å². The Balaban J connectivity index is 2.57. The minimum Gasteiger partial charge on any atom is -0.382 e. The van der Waals surface area contributed by atoms with Crippen LogP contribution in [-0.4, -0.2) is 21.9 Å². The van der Waals surface area contributed by atoms with Crippen molar-refractivity contribution in [2.75, 3.05) is 11.9 Å². The van der Waals surface area contributed by atoms with Gasteiger partial charge in [-0.2, -0.15) is 5.10 Å². The van der Waals surface area contributed by atoms with E-state index >= 15 is 0 Å². The molecule has 0 aliphatic heterocycles. The molecule has 0 radical (unpaired) electrons. The van der Waals surface area contributed by atoms with Crippen molar-refractivity contribution in [2.45, 2.75) is 33.2 Å². The average molecular weight is 210 g/mol. The molecule has 0 aliphatic carbocycles. The fraction of sp³-hybridized carbons (Fsp3) is 0.727. The van der Waals surface area contributed by atoms with Gasteiger partial charge in [-0.1, -0.05) is 13.8 Å². The SMILES string of the molecule is Cn1cc(NCC(C)(C)C(C)(C)N)cn1. The monoisotopic (exact) mass is 210 g/mol. The summed E-state index contributed by atoms with van der Waals surface area (Å²) >= 11 is 0. The summed E-state index contributed by atoms with van der Waals surface area (Å²) in [4.78, 5) is 0. The smallest absolute Gasteiger partial charge is 0.0726 e. The van der Waals surface area contributed by atoms with E-state index in [2.05, 4.69) is 38.1 Å². The molecule has 1 rings (SSSR count). The van der Waals surface area contributed by atoms with Crippen molar-refractivity contribution in [2.24, 2.45) is 18.2 Å². The summed E-state index contributed by atoms with van der Waals surface area (Å²) in [6.45, 7) is 9.27. The van der Waals surface area contributed by atoms with Gasteiger partial charge in [0.2, 0.25) is 0 Å². The molecule has 0 unspecified atom stereocenters. The van der Waals surface area contributed by atoms with Crippen molar-refractivity contribution in [1.29, 1.82) is 0 Å². The number of aryl methyl sites for hydroxylation is 1. The van der Waals surface area contributed by atoms with E-state index in [-0.39, 0.29) is 11.0 Å². The summed E-state index contributed by atoms with van der Waals surface area (Å²) in [5.74, 6) is 0. The van der Waals surface area contributed by atoms with Gasteiger partial charge in [-0.05, 0) is 19.3 Å². The molecule has 0 saturated carbocycles. The van der Waals surface area contributed by atoms with E-state index < -0.39 is 0 Å². The standard InChI is InChI=1S/C11H22N4/c1-10(2,11(3,4)12)8-13-9-6-14-15(5)7-9/h6-7,13H,8,12H2,1-5H3. The lowest BCUT2D eigenvalue weighted by atomic mass is 9.75. The van der Waals surface area contributed by atoms with E-state index in [1.807, 2.05) is 19.4 Å². The molecule has 1 heterocycles. The van der Waals surface area contributed by atoms with Crippen LogP contribution in [0.1, 0.15) is 27.7 Å². The molecule has 0 aliphatic rings. The molecule has 0 saturated heterocycles. The van der Waals surface area contributed by atoms with Gasteiger partial charge < -0.3 is 11.1 Å². The number of aromatic nitrogens is 2. The largest absolute Gasteiger partial charge is 0.382 e. The first kappa shape index (κ1) is 12.0. The predicted molar refractivity (Wildman–Crippen MR) is 63.7 cm³/mol. The first-order valence-corrected chi connectivity index (χ1v) is 5.24. The molecule has 1 aromatic heterocycles. The number of hydrogen-bond donors (Lipinski definition) is 2. The Morgan fingerprint density at radius 1 is 1.40 bits per heavy atom. The van der Waals surface area contributed by atoms with Gasteiger partial charge in [0.1, 0.15) is 0 Å². The number of nitrogens with zero attached hydrogens (tertiary/aromatic N) is 2. The molecule has 0 aromatic carbocycles. The summed E-state index contributed by atoms with van der Waals surface area (Å²) in [5.41, 5.74) is 6.98. The zero-order chi connectivity index (χ0) is 11.7. The summed E-state index contributed by atoms with van der Waals surface area (Å²) in [7, 11) is 1.91. The Labute approximate surface area is 91.8 Å². The van der Waals surface area contributed by atoms with Crippen LogP contribution >= 0.6 is 0 Å². The molecule has 86 valence electrons. The van der Waals surface area contributed by atoms with Crippen LogP contribution in [0, 0.1) is 5.41 Å². The maximum atomic E-state index is 6.12. The topological polar surface area (TPSA) is 55.9 Å². The normalized spacial score (nSPS) is 12.9. The second-order valence-corrected chi connectivity index (χ2v) is 5.36. The third-order valence-corrected chi connectivity index (χ3v) is 3.18. The van der Waals surface area contributed by atoms with Crippen LogP contribution in [0.2, 0.25) is 0 Å². The van der Waals surface area contributed by atoms with Crippen molar-refractivity contribution < 1.29 is 0 Å². The van der Waals surface area contributed by atoms with Gasteiger partial charge in [0.05, 0.1) is 11.9 Å². The quantitative estimate of drug-likeness (QED) is 0.793. The zero-order valence-electron chi connectivity index (χ0n) is 10.3. The molecule has 0 fully saturated rings. The first-order chi connectivity index (χ1) is 6.72. The van der Waals surface area contributed by atoms with Crippen molar-refractivity contribution in [3.8, 4) is 0 Å². The average Bonchev–Trinajstić information content (AvgIpc) is 2.46. The third-order valence-electron chi connectivity index (χ3n) is 3.18. The summed E-state index contributed by atoms with van der Waals surface area (Å²) in [6, 6.07) is 0. The second kappa shape index (κ2) is 3.85. The van der Waals surface area contributed by atoms with E-state index in [4.69, 9.17) is 5.73 Å². The molecule has 1 aromatic rings. The van der Waals surface area contributed by atoms with Crippen LogP contribution < -0.4 is 11.1 Å². The van der Waals surface area contributed by atoms with E-state index in [9.17, 15) is 0 Å². The van der Waals surface area contributed by atoms with Gasteiger partial charge in [-0.3, -0.25) is 4.68 Å². The Morgan fingerprint density at radius 3 is 2.40 bits per heavy atom. The molecule has 3 N–H and O–H groups in total. The molecule has 0 bridgehead atoms. The Bertz CT molecular complexity index is 320. The number of rotatable bonds is 4. The third kappa shape index (κ3) is 2.96. The lowest BCUT2D eigenvalue weighted by molar-refractivity contribution is 0.219. The lowest BCUT2D eigenvalue weighted by Gasteiger charge is -2.38. The van der Waals surface area contributed by atoms with Crippen LogP contribution in [0.5, 0.6) is 0 Å². The van der Waals surface area contributed by atoms with Crippen molar-refractivity contribution in [3.05, 3.63) is 12.4 Å². The molecule has 0 spiro atoms. The Hall–Kier alpha value is -1.03. The lowest BCUT2D eigenvalue weighted by Crippen LogP contribution is -2.50. The van der Waals surface area contributed by atoms with Gasteiger partial charge in [0.15, 0.2) is 0 Å². The maximum absolute atomic E-state index is 6.12. The predicted octanol–water partition coefficient (Wildman–Crippen LogP) is 1.60. The number of hydrogen-bond acceptors (Lipinski definition) is 3. The van der Waals surface area contributed by atoms with Crippen LogP contribution in [0.15, 0.2) is 12.4 Å². The van der Waals surface area contributed by atoms with Gasteiger partial charge in [-0.15, -0.1) is 0 Å². The molecule has 4 nitrogen and oxygen atoms in total. The molecular formula is C11H22N4. The highest BCUT2D eigenvalue weighted by Gasteiger charge is 2.33. The van der Waals surface area contributed by atoms with E-state index in [0.29, 0.717) is 0 Å². The Kier molecular flexibility index (Phi) is 3.09. The highest BCUT2D eigenvalue weighted by molar-refractivity contribution is 5.38. The second-order valence-electron chi connectivity index (χ2n) is 5.36.